The fraction of sp³-hybridized carbons (Fsp3) is 0.357. The van der Waals surface area contributed by atoms with E-state index in [-0.39, 0.29) is 13.0 Å². The van der Waals surface area contributed by atoms with Crippen molar-refractivity contribution in [1.29, 1.82) is 5.26 Å². The molecule has 0 spiro atoms. The lowest BCUT2D eigenvalue weighted by atomic mass is 10.2. The lowest BCUT2D eigenvalue weighted by Gasteiger charge is -2.12. The van der Waals surface area contributed by atoms with Crippen molar-refractivity contribution in [3.8, 4) is 17.9 Å². The number of anilines is 1. The Morgan fingerprint density at radius 1 is 1.40 bits per heavy atom. The Labute approximate surface area is 119 Å². The monoisotopic (exact) mass is 292 g/mol. The summed E-state index contributed by atoms with van der Waals surface area (Å²) >= 11 is 0. The van der Waals surface area contributed by atoms with E-state index in [0.717, 1.165) is 0 Å². The fourth-order valence-corrected chi connectivity index (χ4v) is 2.70. The molecule has 0 amide bonds. The van der Waals surface area contributed by atoms with E-state index in [1.54, 1.807) is 37.3 Å². The molecule has 0 aliphatic heterocycles. The SMILES string of the molecule is CCC(C#N)S(=O)(=O)Nc1ccccc1C#CCCO. The van der Waals surface area contributed by atoms with Crippen LogP contribution < -0.4 is 4.72 Å². The molecule has 0 bridgehead atoms. The van der Waals surface area contributed by atoms with Gasteiger partial charge in [0.1, 0.15) is 0 Å². The number of sulfonamides is 1. The molecule has 1 atom stereocenters. The third kappa shape index (κ3) is 4.27. The molecule has 0 saturated heterocycles. The van der Waals surface area contributed by atoms with Crippen LogP contribution in [0.2, 0.25) is 0 Å². The predicted octanol–water partition coefficient (Wildman–Crippen LogP) is 1.46. The Balaban J connectivity index is 3.05. The second kappa shape index (κ2) is 7.54. The molecule has 0 aliphatic carbocycles. The Morgan fingerprint density at radius 2 is 2.10 bits per heavy atom. The molecule has 1 aromatic rings. The molecule has 0 aliphatic rings. The highest BCUT2D eigenvalue weighted by molar-refractivity contribution is 7.93. The number of benzene rings is 1. The summed E-state index contributed by atoms with van der Waals surface area (Å²) in [6.45, 7) is 1.59. The highest BCUT2D eigenvalue weighted by Crippen LogP contribution is 2.18. The molecule has 0 aromatic heterocycles. The highest BCUT2D eigenvalue weighted by Gasteiger charge is 2.23. The maximum Gasteiger partial charge on any atom is 0.249 e. The van der Waals surface area contributed by atoms with Crippen LogP contribution >= 0.6 is 0 Å². The second-order valence-electron chi connectivity index (χ2n) is 3.99. The number of para-hydroxylation sites is 1. The van der Waals surface area contributed by atoms with Crippen molar-refractivity contribution in [2.75, 3.05) is 11.3 Å². The van der Waals surface area contributed by atoms with Gasteiger partial charge >= 0.3 is 0 Å². The Kier molecular flexibility index (Phi) is 6.05. The van der Waals surface area contributed by atoms with Crippen LogP contribution in [-0.2, 0) is 10.0 Å². The molecule has 1 rings (SSSR count). The Morgan fingerprint density at radius 3 is 2.70 bits per heavy atom. The summed E-state index contributed by atoms with van der Waals surface area (Å²) < 4.78 is 26.4. The third-order valence-corrected chi connectivity index (χ3v) is 4.22. The van der Waals surface area contributed by atoms with Crippen molar-refractivity contribution in [3.63, 3.8) is 0 Å². The lowest BCUT2D eigenvalue weighted by molar-refractivity contribution is 0.305. The molecule has 6 heteroatoms. The zero-order valence-corrected chi connectivity index (χ0v) is 11.9. The number of hydrogen-bond acceptors (Lipinski definition) is 4. The number of rotatable bonds is 5. The summed E-state index contributed by atoms with van der Waals surface area (Å²) in [5.74, 6) is 5.53. The summed E-state index contributed by atoms with van der Waals surface area (Å²) in [7, 11) is -3.76. The molecule has 0 radical (unpaired) electrons. The van der Waals surface area contributed by atoms with Gasteiger partial charge in [0, 0.05) is 12.0 Å². The maximum atomic E-state index is 12.0. The minimum atomic E-state index is -3.76. The summed E-state index contributed by atoms with van der Waals surface area (Å²) in [4.78, 5) is 0. The zero-order valence-electron chi connectivity index (χ0n) is 11.1. The molecular weight excluding hydrogens is 276 g/mol. The van der Waals surface area contributed by atoms with Gasteiger partial charge in [-0.25, -0.2) is 8.42 Å². The number of nitriles is 1. The van der Waals surface area contributed by atoms with Crippen LogP contribution in [0.3, 0.4) is 0 Å². The van der Waals surface area contributed by atoms with Crippen LogP contribution in [0, 0.1) is 23.2 Å². The van der Waals surface area contributed by atoms with E-state index in [0.29, 0.717) is 17.7 Å². The molecule has 0 saturated carbocycles. The van der Waals surface area contributed by atoms with Gasteiger partial charge in [-0.3, -0.25) is 4.72 Å². The molecule has 1 aromatic carbocycles. The van der Waals surface area contributed by atoms with E-state index in [1.807, 2.05) is 0 Å². The van der Waals surface area contributed by atoms with Crippen molar-refractivity contribution in [2.45, 2.75) is 25.0 Å². The van der Waals surface area contributed by atoms with Gasteiger partial charge in [0.05, 0.1) is 18.4 Å². The van der Waals surface area contributed by atoms with Crippen LogP contribution in [0.15, 0.2) is 24.3 Å². The van der Waals surface area contributed by atoms with Gasteiger partial charge in [-0.1, -0.05) is 30.9 Å². The van der Waals surface area contributed by atoms with Crippen molar-refractivity contribution in [2.24, 2.45) is 0 Å². The number of hydrogen-bond donors (Lipinski definition) is 2. The van der Waals surface area contributed by atoms with E-state index in [9.17, 15) is 8.42 Å². The highest BCUT2D eigenvalue weighted by atomic mass is 32.2. The average Bonchev–Trinajstić information content (AvgIpc) is 2.41. The largest absolute Gasteiger partial charge is 0.395 e. The van der Waals surface area contributed by atoms with Gasteiger partial charge in [0.15, 0.2) is 5.25 Å². The lowest BCUT2D eigenvalue weighted by Crippen LogP contribution is -2.26. The molecule has 1 unspecified atom stereocenters. The molecule has 2 N–H and O–H groups in total. The first kappa shape index (κ1) is 16.0. The van der Waals surface area contributed by atoms with Crippen molar-refractivity contribution in [1.82, 2.24) is 0 Å². The summed E-state index contributed by atoms with van der Waals surface area (Å²) in [6.07, 6.45) is 0.529. The van der Waals surface area contributed by atoms with Crippen molar-refractivity contribution < 1.29 is 13.5 Å². The van der Waals surface area contributed by atoms with E-state index in [4.69, 9.17) is 10.4 Å². The smallest absolute Gasteiger partial charge is 0.249 e. The molecule has 0 fully saturated rings. The quantitative estimate of drug-likeness (QED) is 0.804. The van der Waals surface area contributed by atoms with Crippen LogP contribution in [0.4, 0.5) is 5.69 Å². The zero-order chi connectivity index (χ0) is 15.0. The van der Waals surface area contributed by atoms with Crippen LogP contribution in [-0.4, -0.2) is 25.4 Å². The van der Waals surface area contributed by atoms with Crippen LogP contribution in [0.1, 0.15) is 25.3 Å². The van der Waals surface area contributed by atoms with Gasteiger partial charge in [0.2, 0.25) is 10.0 Å². The molecule has 20 heavy (non-hydrogen) atoms. The fourth-order valence-electron chi connectivity index (χ4n) is 1.50. The van der Waals surface area contributed by atoms with E-state index < -0.39 is 15.3 Å². The molecular formula is C14H16N2O3S. The first-order valence-corrected chi connectivity index (χ1v) is 7.69. The number of nitrogens with one attached hydrogen (secondary N) is 1. The number of aliphatic hydroxyl groups excluding tert-OH is 1. The first-order valence-electron chi connectivity index (χ1n) is 6.15. The van der Waals surface area contributed by atoms with E-state index in [1.165, 1.54) is 0 Å². The normalized spacial score (nSPS) is 11.8. The number of aliphatic hydroxyl groups is 1. The Hall–Kier alpha value is -2.02. The van der Waals surface area contributed by atoms with Gasteiger partial charge in [-0.2, -0.15) is 5.26 Å². The van der Waals surface area contributed by atoms with Crippen LogP contribution in [0.25, 0.3) is 0 Å². The predicted molar refractivity (Wildman–Crippen MR) is 77.3 cm³/mol. The topological polar surface area (TPSA) is 90.2 Å². The van der Waals surface area contributed by atoms with Crippen LogP contribution in [0.5, 0.6) is 0 Å². The minimum absolute atomic E-state index is 0.0484. The second-order valence-corrected chi connectivity index (χ2v) is 5.86. The number of nitrogens with zero attached hydrogens (tertiary/aromatic N) is 1. The molecule has 106 valence electrons. The third-order valence-electron chi connectivity index (χ3n) is 2.53. The van der Waals surface area contributed by atoms with E-state index in [2.05, 4.69) is 16.6 Å². The summed E-state index contributed by atoms with van der Waals surface area (Å²) in [5.41, 5.74) is 0.851. The van der Waals surface area contributed by atoms with Crippen molar-refractivity contribution >= 4 is 15.7 Å². The maximum absolute atomic E-state index is 12.0. The molecule has 5 nitrogen and oxygen atoms in total. The van der Waals surface area contributed by atoms with Crippen molar-refractivity contribution in [3.05, 3.63) is 29.8 Å². The van der Waals surface area contributed by atoms with Gasteiger partial charge in [-0.15, -0.1) is 0 Å². The van der Waals surface area contributed by atoms with E-state index >= 15 is 0 Å². The summed E-state index contributed by atoms with van der Waals surface area (Å²) in [5, 5.41) is 16.4. The van der Waals surface area contributed by atoms with Gasteiger partial charge in [0.25, 0.3) is 0 Å². The molecule has 0 heterocycles. The minimum Gasteiger partial charge on any atom is -0.395 e. The Bertz CT molecular complexity index is 651. The standard InChI is InChI=1S/C14H16N2O3S/c1-2-13(11-15)20(18,19)16-14-9-4-3-7-12(14)8-5-6-10-17/h3-4,7,9,13,16-17H,2,6,10H2,1H3. The first-order chi connectivity index (χ1) is 9.55. The van der Waals surface area contributed by atoms with Gasteiger partial charge < -0.3 is 5.11 Å². The average molecular weight is 292 g/mol. The summed E-state index contributed by atoms with van der Waals surface area (Å²) in [6, 6.07) is 8.45. The van der Waals surface area contributed by atoms with Gasteiger partial charge in [-0.05, 0) is 18.6 Å².